The molecule has 1 amide bonds. The molecule has 1 aromatic carbocycles. The number of anilines is 1. The van der Waals surface area contributed by atoms with Crippen LogP contribution in [0, 0.1) is 0 Å². The molecule has 0 aliphatic carbocycles. The summed E-state index contributed by atoms with van der Waals surface area (Å²) in [5.74, 6) is -0.767. The van der Waals surface area contributed by atoms with Crippen LogP contribution in [0.4, 0.5) is 5.69 Å². The molecule has 0 saturated carbocycles. The lowest BCUT2D eigenvalue weighted by atomic mass is 10.1. The Balaban J connectivity index is 1.85. The van der Waals surface area contributed by atoms with E-state index in [9.17, 15) is 9.59 Å². The smallest absolute Gasteiger partial charge is 0.304 e. The largest absolute Gasteiger partial charge is 0.481 e. The van der Waals surface area contributed by atoms with Crippen LogP contribution in [-0.2, 0) is 16.1 Å². The Bertz CT molecular complexity index is 496. The second kappa shape index (κ2) is 7.79. The number of piperazine rings is 1. The van der Waals surface area contributed by atoms with Crippen molar-refractivity contribution in [2.75, 3.05) is 44.7 Å². The summed E-state index contributed by atoms with van der Waals surface area (Å²) in [6.45, 7) is 4.54. The summed E-state index contributed by atoms with van der Waals surface area (Å²) in [5.41, 5.74) is 2.34. The molecule has 0 unspecified atom stereocenters. The first kappa shape index (κ1) is 16.3. The topological polar surface area (TPSA) is 64.1 Å². The highest BCUT2D eigenvalue weighted by Crippen LogP contribution is 2.17. The Morgan fingerprint density at radius 1 is 1.23 bits per heavy atom. The number of carboxylic acids is 1. The highest BCUT2D eigenvalue weighted by molar-refractivity contribution is 5.66. The van der Waals surface area contributed by atoms with Crippen LogP contribution in [0.5, 0.6) is 0 Å². The molecule has 0 radical (unpaired) electrons. The highest BCUT2D eigenvalue weighted by Gasteiger charge is 2.15. The second-order valence-electron chi connectivity index (χ2n) is 5.68. The Hall–Kier alpha value is -2.08. The molecule has 1 fully saturated rings. The van der Waals surface area contributed by atoms with Gasteiger partial charge in [-0.2, -0.15) is 0 Å². The molecule has 6 nitrogen and oxygen atoms in total. The predicted molar refractivity (Wildman–Crippen MR) is 84.9 cm³/mol. The molecular formula is C16H23N3O3. The van der Waals surface area contributed by atoms with Crippen molar-refractivity contribution in [1.29, 1.82) is 0 Å². The van der Waals surface area contributed by atoms with Crippen molar-refractivity contribution >= 4 is 18.1 Å². The molecule has 1 heterocycles. The molecule has 6 heteroatoms. The average Bonchev–Trinajstić information content (AvgIpc) is 2.54. The number of nitrogens with zero attached hydrogens (tertiary/aromatic N) is 3. The number of amides is 1. The van der Waals surface area contributed by atoms with Crippen molar-refractivity contribution in [2.24, 2.45) is 0 Å². The summed E-state index contributed by atoms with van der Waals surface area (Å²) in [4.78, 5) is 27.4. The zero-order valence-electron chi connectivity index (χ0n) is 12.9. The summed E-state index contributed by atoms with van der Waals surface area (Å²) in [6, 6.07) is 8.35. The van der Waals surface area contributed by atoms with E-state index in [-0.39, 0.29) is 6.42 Å². The molecule has 0 bridgehead atoms. The van der Waals surface area contributed by atoms with Crippen LogP contribution in [0.2, 0.25) is 0 Å². The summed E-state index contributed by atoms with van der Waals surface area (Å²) < 4.78 is 0. The van der Waals surface area contributed by atoms with E-state index in [4.69, 9.17) is 5.11 Å². The van der Waals surface area contributed by atoms with Crippen LogP contribution in [0.1, 0.15) is 12.0 Å². The normalized spacial score (nSPS) is 15.2. The minimum absolute atomic E-state index is 0.162. The average molecular weight is 305 g/mol. The van der Waals surface area contributed by atoms with Gasteiger partial charge in [0, 0.05) is 45.0 Å². The Morgan fingerprint density at radius 2 is 1.86 bits per heavy atom. The molecule has 1 aliphatic heterocycles. The van der Waals surface area contributed by atoms with E-state index in [0.717, 1.165) is 39.1 Å². The summed E-state index contributed by atoms with van der Waals surface area (Å²) >= 11 is 0. The van der Waals surface area contributed by atoms with E-state index in [1.54, 1.807) is 4.90 Å². The number of carbonyl (C=O) groups is 2. The van der Waals surface area contributed by atoms with Gasteiger partial charge >= 0.3 is 5.97 Å². The van der Waals surface area contributed by atoms with E-state index in [0.29, 0.717) is 6.54 Å². The minimum atomic E-state index is -0.767. The molecule has 1 N–H and O–H groups in total. The van der Waals surface area contributed by atoms with Crippen molar-refractivity contribution in [2.45, 2.75) is 13.0 Å². The standard InChI is InChI=1S/C16H23N3O3/c1-17(7-6-16(21)22)12-14-2-4-15(5-3-14)19-10-8-18(13-20)9-11-19/h2-5,13H,6-12H2,1H3,(H,21,22). The number of aliphatic carboxylic acids is 1. The zero-order chi connectivity index (χ0) is 15.9. The van der Waals surface area contributed by atoms with Gasteiger partial charge in [0.25, 0.3) is 0 Å². The Morgan fingerprint density at radius 3 is 2.41 bits per heavy atom. The monoisotopic (exact) mass is 305 g/mol. The molecule has 1 saturated heterocycles. The van der Waals surface area contributed by atoms with Gasteiger partial charge < -0.3 is 19.8 Å². The van der Waals surface area contributed by atoms with Gasteiger partial charge in [-0.1, -0.05) is 12.1 Å². The number of hydrogen-bond donors (Lipinski definition) is 1. The first-order chi connectivity index (χ1) is 10.6. The molecule has 0 atom stereocenters. The fourth-order valence-corrected chi connectivity index (χ4v) is 2.57. The van der Waals surface area contributed by atoms with Crippen LogP contribution in [0.25, 0.3) is 0 Å². The first-order valence-corrected chi connectivity index (χ1v) is 7.52. The fourth-order valence-electron chi connectivity index (χ4n) is 2.57. The third-order valence-corrected chi connectivity index (χ3v) is 3.92. The summed E-state index contributed by atoms with van der Waals surface area (Å²) in [7, 11) is 1.93. The third kappa shape index (κ3) is 4.73. The molecular weight excluding hydrogens is 282 g/mol. The lowest BCUT2D eigenvalue weighted by molar-refractivity contribution is -0.137. The van der Waals surface area contributed by atoms with Crippen molar-refractivity contribution in [3.05, 3.63) is 29.8 Å². The minimum Gasteiger partial charge on any atom is -0.481 e. The molecule has 0 aromatic heterocycles. The zero-order valence-corrected chi connectivity index (χ0v) is 12.9. The second-order valence-corrected chi connectivity index (χ2v) is 5.68. The number of carbonyl (C=O) groups excluding carboxylic acids is 1. The Labute approximate surface area is 130 Å². The molecule has 120 valence electrons. The van der Waals surface area contributed by atoms with Gasteiger partial charge in [0.1, 0.15) is 0 Å². The molecule has 2 rings (SSSR count). The highest BCUT2D eigenvalue weighted by atomic mass is 16.4. The van der Waals surface area contributed by atoms with Crippen molar-refractivity contribution in [3.63, 3.8) is 0 Å². The van der Waals surface area contributed by atoms with E-state index in [2.05, 4.69) is 29.2 Å². The van der Waals surface area contributed by atoms with E-state index in [1.165, 1.54) is 11.3 Å². The number of rotatable bonds is 7. The van der Waals surface area contributed by atoms with Crippen LogP contribution in [-0.4, -0.2) is 67.1 Å². The fraction of sp³-hybridized carbons (Fsp3) is 0.500. The quantitative estimate of drug-likeness (QED) is 0.757. The van der Waals surface area contributed by atoms with Crippen LogP contribution in [0.3, 0.4) is 0 Å². The lowest BCUT2D eigenvalue weighted by Gasteiger charge is -2.34. The molecule has 0 spiro atoms. The van der Waals surface area contributed by atoms with Crippen molar-refractivity contribution in [3.8, 4) is 0 Å². The van der Waals surface area contributed by atoms with E-state index in [1.807, 2.05) is 11.9 Å². The SMILES string of the molecule is CN(CCC(=O)O)Cc1ccc(N2CCN(C=O)CC2)cc1. The third-order valence-electron chi connectivity index (χ3n) is 3.92. The lowest BCUT2D eigenvalue weighted by Crippen LogP contribution is -2.45. The van der Waals surface area contributed by atoms with E-state index < -0.39 is 5.97 Å². The number of hydrogen-bond acceptors (Lipinski definition) is 4. The number of carboxylic acid groups (broad SMARTS) is 1. The van der Waals surface area contributed by atoms with Crippen molar-refractivity contribution < 1.29 is 14.7 Å². The first-order valence-electron chi connectivity index (χ1n) is 7.52. The van der Waals surface area contributed by atoms with Crippen LogP contribution >= 0.6 is 0 Å². The number of benzene rings is 1. The van der Waals surface area contributed by atoms with Crippen LogP contribution in [0.15, 0.2) is 24.3 Å². The Kier molecular flexibility index (Phi) is 5.77. The van der Waals surface area contributed by atoms with Gasteiger partial charge in [-0.25, -0.2) is 0 Å². The van der Waals surface area contributed by atoms with Crippen LogP contribution < -0.4 is 4.90 Å². The van der Waals surface area contributed by atoms with Gasteiger partial charge in [0.05, 0.1) is 6.42 Å². The maximum atomic E-state index is 10.7. The molecule has 22 heavy (non-hydrogen) atoms. The maximum Gasteiger partial charge on any atom is 0.304 e. The van der Waals surface area contributed by atoms with Gasteiger partial charge in [0.15, 0.2) is 0 Å². The molecule has 1 aliphatic rings. The molecule has 1 aromatic rings. The maximum absolute atomic E-state index is 10.7. The van der Waals surface area contributed by atoms with Gasteiger partial charge in [-0.15, -0.1) is 0 Å². The van der Waals surface area contributed by atoms with Gasteiger partial charge in [-0.3, -0.25) is 9.59 Å². The van der Waals surface area contributed by atoms with Gasteiger partial charge in [-0.05, 0) is 24.7 Å². The van der Waals surface area contributed by atoms with Gasteiger partial charge in [0.2, 0.25) is 6.41 Å². The predicted octanol–water partition coefficient (Wildman–Crippen LogP) is 0.871. The van der Waals surface area contributed by atoms with Crippen molar-refractivity contribution in [1.82, 2.24) is 9.80 Å². The van der Waals surface area contributed by atoms with E-state index >= 15 is 0 Å². The summed E-state index contributed by atoms with van der Waals surface area (Å²) in [6.07, 6.45) is 1.07. The summed E-state index contributed by atoms with van der Waals surface area (Å²) in [5, 5.41) is 8.69.